The number of rotatable bonds is 0. The van der Waals surface area contributed by atoms with Crippen LogP contribution in [-0.2, 0) is 17.0 Å². The molecule has 0 aliphatic heterocycles. The molecule has 0 saturated carbocycles. The SMILES string of the molecule is [CH2]C1C=CC=C1.[Cl][Ti][Cl]. The molecule has 0 aromatic rings. The van der Waals surface area contributed by atoms with Crippen molar-refractivity contribution in [2.45, 2.75) is 0 Å². The van der Waals surface area contributed by atoms with Gasteiger partial charge in [0.05, 0.1) is 0 Å². The number of hydrogen-bond donors (Lipinski definition) is 0. The van der Waals surface area contributed by atoms with Crippen LogP contribution in [0.2, 0.25) is 0 Å². The Hall–Kier alpha value is 0.774. The third-order valence-corrected chi connectivity index (χ3v) is 0.828. The summed E-state index contributed by atoms with van der Waals surface area (Å²) in [6.45, 7) is 3.76. The van der Waals surface area contributed by atoms with Gasteiger partial charge < -0.3 is 0 Å². The van der Waals surface area contributed by atoms with Crippen LogP contribution >= 0.6 is 18.6 Å². The second kappa shape index (κ2) is 6.89. The predicted octanol–water partition coefficient (Wildman–Crippen LogP) is 2.94. The van der Waals surface area contributed by atoms with Gasteiger partial charge in [0.2, 0.25) is 0 Å². The summed E-state index contributed by atoms with van der Waals surface area (Å²) in [6.07, 6.45) is 8.13. The van der Waals surface area contributed by atoms with Crippen LogP contribution in [0.5, 0.6) is 0 Å². The topological polar surface area (TPSA) is 0 Å². The van der Waals surface area contributed by atoms with Crippen molar-refractivity contribution in [1.29, 1.82) is 0 Å². The first-order valence-electron chi connectivity index (χ1n) is 2.45. The van der Waals surface area contributed by atoms with Crippen molar-refractivity contribution in [3.63, 3.8) is 0 Å². The van der Waals surface area contributed by atoms with E-state index < -0.39 is 17.0 Å². The van der Waals surface area contributed by atoms with E-state index >= 15 is 0 Å². The van der Waals surface area contributed by atoms with Gasteiger partial charge >= 0.3 is 35.6 Å². The summed E-state index contributed by atoms with van der Waals surface area (Å²) in [5.41, 5.74) is 0. The van der Waals surface area contributed by atoms with E-state index in [1.165, 1.54) is 0 Å². The summed E-state index contributed by atoms with van der Waals surface area (Å²) in [5.74, 6) is 0.435. The Balaban J connectivity index is 0.000000187. The summed E-state index contributed by atoms with van der Waals surface area (Å²) < 4.78 is 0. The van der Waals surface area contributed by atoms with Gasteiger partial charge in [0.25, 0.3) is 0 Å². The average molecular weight is 198 g/mol. The van der Waals surface area contributed by atoms with Crippen LogP contribution in [0.1, 0.15) is 0 Å². The van der Waals surface area contributed by atoms with Gasteiger partial charge in [-0.3, -0.25) is 0 Å². The molecule has 0 saturated heterocycles. The minimum absolute atomic E-state index is 0.435. The van der Waals surface area contributed by atoms with Gasteiger partial charge in [-0.15, -0.1) is 0 Å². The Morgan fingerprint density at radius 2 is 1.56 bits per heavy atom. The van der Waals surface area contributed by atoms with E-state index in [0.29, 0.717) is 5.92 Å². The quantitative estimate of drug-likeness (QED) is 0.524. The van der Waals surface area contributed by atoms with Crippen molar-refractivity contribution in [3.05, 3.63) is 31.2 Å². The van der Waals surface area contributed by atoms with Crippen molar-refractivity contribution in [2.24, 2.45) is 5.92 Å². The maximum absolute atomic E-state index is 4.89. The van der Waals surface area contributed by atoms with E-state index in [-0.39, 0.29) is 0 Å². The van der Waals surface area contributed by atoms with Crippen molar-refractivity contribution >= 4 is 18.6 Å². The van der Waals surface area contributed by atoms with Crippen LogP contribution in [0.4, 0.5) is 0 Å². The summed E-state index contributed by atoms with van der Waals surface area (Å²) in [5, 5.41) is 0. The molecule has 9 heavy (non-hydrogen) atoms. The molecule has 0 nitrogen and oxygen atoms in total. The van der Waals surface area contributed by atoms with Gasteiger partial charge in [-0.05, 0) is 12.8 Å². The molecule has 1 aliphatic carbocycles. The number of allylic oxidation sites excluding steroid dienone is 4. The molecule has 0 N–H and O–H groups in total. The second-order valence-corrected chi connectivity index (χ2v) is 4.08. The van der Waals surface area contributed by atoms with Crippen molar-refractivity contribution in [1.82, 2.24) is 0 Å². The van der Waals surface area contributed by atoms with Crippen LogP contribution in [0, 0.1) is 12.8 Å². The fraction of sp³-hybridized carbons (Fsp3) is 0.167. The Morgan fingerprint density at radius 3 is 1.67 bits per heavy atom. The van der Waals surface area contributed by atoms with Crippen molar-refractivity contribution in [3.8, 4) is 0 Å². The Bertz CT molecular complexity index is 97.6. The normalized spacial score (nSPS) is 15.0. The molecule has 1 rings (SSSR count). The van der Waals surface area contributed by atoms with Gasteiger partial charge in [0.1, 0.15) is 0 Å². The Kier molecular flexibility index (Phi) is 7.48. The molecule has 0 aromatic heterocycles. The summed E-state index contributed by atoms with van der Waals surface area (Å²) in [4.78, 5) is 0. The molecule has 1 aliphatic rings. The van der Waals surface area contributed by atoms with Crippen LogP contribution < -0.4 is 0 Å². The molecule has 0 unspecified atom stereocenters. The van der Waals surface area contributed by atoms with Crippen LogP contribution in [-0.4, -0.2) is 0 Å². The molecular weight excluding hydrogens is 191 g/mol. The molecule has 49 valence electrons. The third-order valence-electron chi connectivity index (χ3n) is 0.828. The number of hydrogen-bond acceptors (Lipinski definition) is 0. The van der Waals surface area contributed by atoms with E-state index in [1.54, 1.807) is 0 Å². The summed E-state index contributed by atoms with van der Waals surface area (Å²) in [6, 6.07) is 0. The molecule has 0 aromatic carbocycles. The fourth-order valence-electron chi connectivity index (χ4n) is 0.478. The monoisotopic (exact) mass is 197 g/mol. The first-order chi connectivity index (χ1) is 4.31. The first kappa shape index (κ1) is 9.77. The van der Waals surface area contributed by atoms with E-state index in [1.807, 2.05) is 12.2 Å². The summed E-state index contributed by atoms with van der Waals surface area (Å²) in [7, 11) is 9.78. The first-order valence-corrected chi connectivity index (χ1v) is 6.75. The molecule has 3 heteroatoms. The molecule has 0 atom stereocenters. The maximum atomic E-state index is 4.89. The zero-order chi connectivity index (χ0) is 7.11. The Labute approximate surface area is 72.6 Å². The zero-order valence-electron chi connectivity index (χ0n) is 4.85. The van der Waals surface area contributed by atoms with Crippen molar-refractivity contribution in [2.75, 3.05) is 0 Å². The minimum atomic E-state index is -0.556. The van der Waals surface area contributed by atoms with Gasteiger partial charge in [-0.1, -0.05) is 24.3 Å². The van der Waals surface area contributed by atoms with Gasteiger partial charge in [-0.2, -0.15) is 0 Å². The fourth-order valence-corrected chi connectivity index (χ4v) is 0.478. The molecule has 0 amide bonds. The van der Waals surface area contributed by atoms with Gasteiger partial charge in [-0.25, -0.2) is 0 Å². The van der Waals surface area contributed by atoms with Gasteiger partial charge in [0, 0.05) is 0 Å². The number of halogens is 2. The average Bonchev–Trinajstić information content (AvgIpc) is 2.20. The zero-order valence-corrected chi connectivity index (χ0v) is 7.92. The van der Waals surface area contributed by atoms with E-state index in [4.69, 9.17) is 18.6 Å². The van der Waals surface area contributed by atoms with Crippen LogP contribution in [0.25, 0.3) is 0 Å². The van der Waals surface area contributed by atoms with E-state index in [9.17, 15) is 0 Å². The molecule has 0 fully saturated rings. The van der Waals surface area contributed by atoms with Crippen LogP contribution in [0.3, 0.4) is 0 Å². The molecule has 1 radical (unpaired) electrons. The predicted molar refractivity (Wildman–Crippen MR) is 38.8 cm³/mol. The standard InChI is InChI=1S/C6H7.2ClH.Ti/c1-6-4-2-3-5-6;;;/h2-6H,1H2;2*1H;/q;;;+2/p-2. The Morgan fingerprint density at radius 1 is 1.22 bits per heavy atom. The molecule has 0 heterocycles. The molecule has 0 spiro atoms. The van der Waals surface area contributed by atoms with Gasteiger partial charge in [0.15, 0.2) is 0 Å². The summed E-state index contributed by atoms with van der Waals surface area (Å²) >= 11 is -0.556. The molecule has 0 bridgehead atoms. The van der Waals surface area contributed by atoms with Crippen LogP contribution in [0.15, 0.2) is 24.3 Å². The second-order valence-electron chi connectivity index (χ2n) is 1.51. The van der Waals surface area contributed by atoms with E-state index in [0.717, 1.165) is 0 Å². The molecular formula is C6H7Cl2Ti. The van der Waals surface area contributed by atoms with Crippen molar-refractivity contribution < 1.29 is 17.0 Å². The third kappa shape index (κ3) is 6.66. The van der Waals surface area contributed by atoms with E-state index in [2.05, 4.69) is 19.1 Å².